The summed E-state index contributed by atoms with van der Waals surface area (Å²) in [6.07, 6.45) is 4.27. The molecule has 3 aliphatic rings. The molecule has 124 valence electrons. The lowest BCUT2D eigenvalue weighted by Gasteiger charge is -2.34. The van der Waals surface area contributed by atoms with Crippen molar-refractivity contribution in [3.63, 3.8) is 0 Å². The van der Waals surface area contributed by atoms with Crippen LogP contribution in [-0.2, 0) is 9.53 Å². The van der Waals surface area contributed by atoms with Crippen molar-refractivity contribution in [2.24, 2.45) is 11.8 Å². The Morgan fingerprint density at radius 1 is 1.35 bits per heavy atom. The van der Waals surface area contributed by atoms with Crippen molar-refractivity contribution < 1.29 is 9.53 Å². The molecule has 3 fully saturated rings. The molecule has 0 bridgehead atoms. The number of rotatable bonds is 4. The van der Waals surface area contributed by atoms with Gasteiger partial charge >= 0.3 is 0 Å². The zero-order valence-electron chi connectivity index (χ0n) is 13.6. The number of carbonyl (C=O) groups is 1. The van der Waals surface area contributed by atoms with E-state index in [1.54, 1.807) is 0 Å². The Kier molecular flexibility index (Phi) is 3.93. The van der Waals surface area contributed by atoms with Crippen molar-refractivity contribution in [2.75, 3.05) is 24.5 Å². The molecule has 6 nitrogen and oxygen atoms in total. The normalized spacial score (nSPS) is 30.1. The fraction of sp³-hybridized carbons (Fsp3) is 0.706. The summed E-state index contributed by atoms with van der Waals surface area (Å²) in [7, 11) is 0. The van der Waals surface area contributed by atoms with E-state index in [1.165, 1.54) is 12.8 Å². The second-order valence-corrected chi connectivity index (χ2v) is 7.12. The molecular weight excluding hydrogens is 292 g/mol. The van der Waals surface area contributed by atoms with Crippen molar-refractivity contribution in [2.45, 2.75) is 44.8 Å². The van der Waals surface area contributed by atoms with E-state index in [-0.39, 0.29) is 18.1 Å². The molecule has 1 aromatic rings. The van der Waals surface area contributed by atoms with Gasteiger partial charge in [-0.05, 0) is 56.6 Å². The summed E-state index contributed by atoms with van der Waals surface area (Å²) in [5.41, 5.74) is 0.924. The van der Waals surface area contributed by atoms with Crippen LogP contribution in [-0.4, -0.2) is 47.9 Å². The van der Waals surface area contributed by atoms with Crippen molar-refractivity contribution in [3.05, 3.63) is 17.8 Å². The number of amides is 1. The van der Waals surface area contributed by atoms with Gasteiger partial charge in [0.05, 0.1) is 11.8 Å². The van der Waals surface area contributed by atoms with E-state index in [0.717, 1.165) is 44.0 Å². The van der Waals surface area contributed by atoms with Crippen molar-refractivity contribution in [1.82, 2.24) is 15.5 Å². The predicted octanol–water partition coefficient (Wildman–Crippen LogP) is 1.30. The second kappa shape index (κ2) is 6.07. The van der Waals surface area contributed by atoms with E-state index in [9.17, 15) is 4.79 Å². The molecule has 3 atom stereocenters. The summed E-state index contributed by atoms with van der Waals surface area (Å²) < 4.78 is 6.05. The number of hydrogen-bond acceptors (Lipinski definition) is 5. The molecule has 1 N–H and O–H groups in total. The molecule has 2 saturated heterocycles. The fourth-order valence-electron chi connectivity index (χ4n) is 3.55. The van der Waals surface area contributed by atoms with Crippen LogP contribution in [0.1, 0.15) is 31.4 Å². The van der Waals surface area contributed by atoms with Crippen LogP contribution in [0.25, 0.3) is 0 Å². The smallest absolute Gasteiger partial charge is 0.249 e. The number of hydrogen-bond donors (Lipinski definition) is 1. The highest BCUT2D eigenvalue weighted by Gasteiger charge is 2.42. The number of aromatic nitrogens is 2. The molecule has 1 aromatic heterocycles. The minimum atomic E-state index is -0.271. The molecule has 1 aliphatic carbocycles. The fourth-order valence-corrected chi connectivity index (χ4v) is 3.55. The largest absolute Gasteiger partial charge is 0.363 e. The molecule has 0 radical (unpaired) electrons. The molecule has 6 heteroatoms. The van der Waals surface area contributed by atoms with E-state index in [1.807, 2.05) is 19.1 Å². The number of fused-ring (bicyclic) bond motifs is 1. The molecular formula is C17H24N4O2. The highest BCUT2D eigenvalue weighted by atomic mass is 16.5. The Labute approximate surface area is 136 Å². The maximum absolute atomic E-state index is 12.2. The van der Waals surface area contributed by atoms with E-state index in [4.69, 9.17) is 4.74 Å². The summed E-state index contributed by atoms with van der Waals surface area (Å²) in [5, 5.41) is 11.4. The Morgan fingerprint density at radius 3 is 2.96 bits per heavy atom. The summed E-state index contributed by atoms with van der Waals surface area (Å²) in [6.45, 7) is 4.51. The topological polar surface area (TPSA) is 67.4 Å². The molecule has 0 unspecified atom stereocenters. The Balaban J connectivity index is 1.34. The number of nitrogens with zero attached hydrogens (tertiary/aromatic N) is 3. The first-order valence-corrected chi connectivity index (χ1v) is 8.67. The van der Waals surface area contributed by atoms with Crippen LogP contribution >= 0.6 is 0 Å². The van der Waals surface area contributed by atoms with Gasteiger partial charge in [-0.2, -0.15) is 5.10 Å². The number of ether oxygens (including phenoxy) is 1. The van der Waals surface area contributed by atoms with Gasteiger partial charge in [-0.25, -0.2) is 0 Å². The van der Waals surface area contributed by atoms with Crippen LogP contribution < -0.4 is 10.2 Å². The van der Waals surface area contributed by atoms with Crippen LogP contribution in [0.3, 0.4) is 0 Å². The summed E-state index contributed by atoms with van der Waals surface area (Å²) in [4.78, 5) is 14.5. The first kappa shape index (κ1) is 14.9. The van der Waals surface area contributed by atoms with Crippen LogP contribution in [0.2, 0.25) is 0 Å². The van der Waals surface area contributed by atoms with Crippen molar-refractivity contribution in [1.29, 1.82) is 0 Å². The highest BCUT2D eigenvalue weighted by Crippen LogP contribution is 2.34. The van der Waals surface area contributed by atoms with Crippen molar-refractivity contribution in [3.8, 4) is 0 Å². The number of nitrogens with one attached hydrogen (secondary N) is 1. The highest BCUT2D eigenvalue weighted by molar-refractivity contribution is 5.81. The standard InChI is InChI=1S/C17H24N4O2/c1-11-2-5-16(20-19-11)21-7-6-13-8-14(23-15(13)10-21)17(22)18-9-12-3-4-12/h2,5,12-15H,3-4,6-10H2,1H3,(H,18,22)/t13-,14+,15-/m1/s1. The SMILES string of the molecule is Cc1ccc(N2CC[C@@H]3C[C@@H](C(=O)NCC4CC4)O[C@@H]3C2)nn1. The molecule has 3 heterocycles. The third kappa shape index (κ3) is 3.32. The average Bonchev–Trinajstić information content (AvgIpc) is 3.29. The maximum Gasteiger partial charge on any atom is 0.249 e. The molecule has 23 heavy (non-hydrogen) atoms. The third-order valence-corrected chi connectivity index (χ3v) is 5.21. The van der Waals surface area contributed by atoms with Gasteiger partial charge in [-0.3, -0.25) is 4.79 Å². The number of carbonyl (C=O) groups excluding carboxylic acids is 1. The molecule has 1 saturated carbocycles. The number of aryl methyl sites for hydroxylation is 1. The first-order chi connectivity index (χ1) is 11.2. The molecule has 2 aliphatic heterocycles. The number of anilines is 1. The van der Waals surface area contributed by atoms with Gasteiger partial charge in [0.15, 0.2) is 5.82 Å². The van der Waals surface area contributed by atoms with Crippen LogP contribution in [0, 0.1) is 18.8 Å². The molecule has 0 spiro atoms. The van der Waals surface area contributed by atoms with Gasteiger partial charge in [0.1, 0.15) is 6.10 Å². The van der Waals surface area contributed by atoms with Gasteiger partial charge in [0, 0.05) is 19.6 Å². The van der Waals surface area contributed by atoms with E-state index < -0.39 is 0 Å². The molecule has 4 rings (SSSR count). The van der Waals surface area contributed by atoms with E-state index >= 15 is 0 Å². The van der Waals surface area contributed by atoms with Gasteiger partial charge in [0.2, 0.25) is 5.91 Å². The van der Waals surface area contributed by atoms with Crippen molar-refractivity contribution >= 4 is 11.7 Å². The summed E-state index contributed by atoms with van der Waals surface area (Å²) in [5.74, 6) is 2.17. The molecule has 1 amide bonds. The van der Waals surface area contributed by atoms with E-state index in [2.05, 4.69) is 20.4 Å². The number of piperidine rings is 1. The second-order valence-electron chi connectivity index (χ2n) is 7.12. The monoisotopic (exact) mass is 316 g/mol. The Hall–Kier alpha value is -1.69. The quantitative estimate of drug-likeness (QED) is 0.907. The van der Waals surface area contributed by atoms with E-state index in [0.29, 0.717) is 11.8 Å². The van der Waals surface area contributed by atoms with Gasteiger partial charge in [-0.15, -0.1) is 5.10 Å². The minimum absolute atomic E-state index is 0.0768. The lowest BCUT2D eigenvalue weighted by Crippen LogP contribution is -2.43. The average molecular weight is 316 g/mol. The van der Waals surface area contributed by atoms with Crippen LogP contribution in [0.5, 0.6) is 0 Å². The zero-order chi connectivity index (χ0) is 15.8. The van der Waals surface area contributed by atoms with Crippen LogP contribution in [0.4, 0.5) is 5.82 Å². The zero-order valence-corrected chi connectivity index (χ0v) is 13.6. The lowest BCUT2D eigenvalue weighted by atomic mass is 9.91. The maximum atomic E-state index is 12.2. The summed E-state index contributed by atoms with van der Waals surface area (Å²) >= 11 is 0. The Bertz CT molecular complexity index is 572. The van der Waals surface area contributed by atoms with Crippen LogP contribution in [0.15, 0.2) is 12.1 Å². The van der Waals surface area contributed by atoms with Gasteiger partial charge < -0.3 is 15.0 Å². The van der Waals surface area contributed by atoms with Gasteiger partial charge in [0.25, 0.3) is 0 Å². The molecule has 0 aromatic carbocycles. The third-order valence-electron chi connectivity index (χ3n) is 5.21. The summed E-state index contributed by atoms with van der Waals surface area (Å²) in [6, 6.07) is 4.00. The predicted molar refractivity (Wildman–Crippen MR) is 86.1 cm³/mol. The minimum Gasteiger partial charge on any atom is -0.363 e. The lowest BCUT2D eigenvalue weighted by molar-refractivity contribution is -0.132. The van der Waals surface area contributed by atoms with Gasteiger partial charge in [-0.1, -0.05) is 0 Å². The Morgan fingerprint density at radius 2 is 2.22 bits per heavy atom. The first-order valence-electron chi connectivity index (χ1n) is 8.67.